The Morgan fingerprint density at radius 3 is 2.65 bits per heavy atom. The van der Waals surface area contributed by atoms with Crippen LogP contribution in [-0.4, -0.2) is 57.5 Å². The standard InChI is InChI=1S/C27H25N7/c1-31-15-27(16-31)8-9-32(17-27)23-6-7-24-22(10-23)14-33-13-21(20-4-2-19(12-28)3-5-20)11-25(33)26-30-29-18-34(24)26/h2-7,10-11,13,18H,8-9,14-17H2,1H3. The molecule has 168 valence electrons. The van der Waals surface area contributed by atoms with Crippen LogP contribution in [0.5, 0.6) is 0 Å². The van der Waals surface area contributed by atoms with Gasteiger partial charge in [0, 0.05) is 55.6 Å². The molecule has 0 radical (unpaired) electrons. The molecule has 2 saturated heterocycles. The van der Waals surface area contributed by atoms with Crippen LogP contribution in [0.15, 0.2) is 61.1 Å². The summed E-state index contributed by atoms with van der Waals surface area (Å²) in [6.07, 6.45) is 5.28. The molecule has 0 bridgehead atoms. The molecule has 5 heterocycles. The Kier molecular flexibility index (Phi) is 4.06. The summed E-state index contributed by atoms with van der Waals surface area (Å²) in [4.78, 5) is 4.98. The van der Waals surface area contributed by atoms with Gasteiger partial charge in [-0.1, -0.05) is 12.1 Å². The van der Waals surface area contributed by atoms with Crippen molar-refractivity contribution in [3.05, 3.63) is 72.2 Å². The summed E-state index contributed by atoms with van der Waals surface area (Å²) >= 11 is 0. The van der Waals surface area contributed by atoms with E-state index in [2.05, 4.69) is 72.7 Å². The summed E-state index contributed by atoms with van der Waals surface area (Å²) in [7, 11) is 2.22. The van der Waals surface area contributed by atoms with E-state index in [-0.39, 0.29) is 0 Å². The van der Waals surface area contributed by atoms with Gasteiger partial charge in [0.05, 0.1) is 23.0 Å². The van der Waals surface area contributed by atoms with Crippen LogP contribution in [-0.2, 0) is 6.54 Å². The van der Waals surface area contributed by atoms with Crippen LogP contribution in [0.25, 0.3) is 28.3 Å². The largest absolute Gasteiger partial charge is 0.371 e. The van der Waals surface area contributed by atoms with Crippen molar-refractivity contribution in [2.45, 2.75) is 13.0 Å². The van der Waals surface area contributed by atoms with E-state index in [1.165, 1.54) is 30.8 Å². The number of likely N-dealkylation sites (tertiary alicyclic amines) is 1. The number of benzene rings is 2. The minimum absolute atomic E-state index is 0.479. The second-order valence-corrected chi connectivity index (χ2v) is 10.1. The smallest absolute Gasteiger partial charge is 0.185 e. The molecule has 0 atom stereocenters. The van der Waals surface area contributed by atoms with Crippen molar-refractivity contribution in [2.24, 2.45) is 5.41 Å². The van der Waals surface area contributed by atoms with Gasteiger partial charge in [0.2, 0.25) is 0 Å². The first-order valence-corrected chi connectivity index (χ1v) is 11.8. The third-order valence-electron chi connectivity index (χ3n) is 7.70. The van der Waals surface area contributed by atoms with E-state index in [9.17, 15) is 0 Å². The molecule has 0 amide bonds. The molecule has 7 nitrogen and oxygen atoms in total. The first-order valence-electron chi connectivity index (χ1n) is 11.8. The number of nitrogens with zero attached hydrogens (tertiary/aromatic N) is 7. The summed E-state index contributed by atoms with van der Waals surface area (Å²) in [5.41, 5.74) is 8.12. The number of nitriles is 1. The maximum absolute atomic E-state index is 9.12. The molecule has 7 heteroatoms. The van der Waals surface area contributed by atoms with Crippen molar-refractivity contribution < 1.29 is 0 Å². The topological polar surface area (TPSA) is 65.9 Å². The molecule has 0 aliphatic carbocycles. The average Bonchev–Trinajstić information content (AvgIpc) is 3.56. The second-order valence-electron chi connectivity index (χ2n) is 10.1. The molecule has 4 aromatic rings. The number of hydrogen-bond donors (Lipinski definition) is 0. The number of anilines is 1. The Bertz CT molecular complexity index is 1450. The van der Waals surface area contributed by atoms with E-state index in [0.717, 1.165) is 48.0 Å². The molecule has 7 rings (SSSR count). The van der Waals surface area contributed by atoms with Crippen molar-refractivity contribution in [3.63, 3.8) is 0 Å². The molecule has 2 fully saturated rings. The predicted octanol–water partition coefficient (Wildman–Crippen LogP) is 3.78. The summed E-state index contributed by atoms with van der Waals surface area (Å²) in [6, 6.07) is 18.9. The first-order chi connectivity index (χ1) is 16.6. The number of hydrogen-bond acceptors (Lipinski definition) is 5. The number of fused-ring (bicyclic) bond motifs is 5. The predicted molar refractivity (Wildman–Crippen MR) is 131 cm³/mol. The van der Waals surface area contributed by atoms with Gasteiger partial charge in [0.15, 0.2) is 5.82 Å². The summed E-state index contributed by atoms with van der Waals surface area (Å²) in [6.45, 7) is 5.47. The molecule has 1 spiro atoms. The van der Waals surface area contributed by atoms with Crippen molar-refractivity contribution in [1.29, 1.82) is 5.26 Å². The summed E-state index contributed by atoms with van der Waals surface area (Å²) in [5.74, 6) is 0.851. The lowest BCUT2D eigenvalue weighted by molar-refractivity contribution is 0.0424. The lowest BCUT2D eigenvalue weighted by Crippen LogP contribution is -2.55. The molecular weight excluding hydrogens is 422 g/mol. The molecule has 2 aromatic carbocycles. The van der Waals surface area contributed by atoms with Crippen LogP contribution >= 0.6 is 0 Å². The Balaban J connectivity index is 1.26. The lowest BCUT2D eigenvalue weighted by atomic mass is 9.79. The van der Waals surface area contributed by atoms with E-state index >= 15 is 0 Å². The number of aromatic nitrogens is 4. The molecule has 34 heavy (non-hydrogen) atoms. The summed E-state index contributed by atoms with van der Waals surface area (Å²) in [5, 5.41) is 17.8. The first kappa shape index (κ1) is 19.6. The van der Waals surface area contributed by atoms with Crippen molar-refractivity contribution in [2.75, 3.05) is 38.1 Å². The normalized spacial score (nSPS) is 18.1. The van der Waals surface area contributed by atoms with E-state index in [1.807, 2.05) is 30.6 Å². The van der Waals surface area contributed by atoms with Gasteiger partial charge in [-0.3, -0.25) is 4.57 Å². The van der Waals surface area contributed by atoms with Gasteiger partial charge in [-0.2, -0.15) is 5.26 Å². The van der Waals surface area contributed by atoms with E-state index in [4.69, 9.17) is 5.26 Å². The molecule has 0 unspecified atom stereocenters. The lowest BCUT2D eigenvalue weighted by Gasteiger charge is -2.46. The zero-order valence-electron chi connectivity index (χ0n) is 19.1. The maximum atomic E-state index is 9.12. The second kappa shape index (κ2) is 7.05. The van der Waals surface area contributed by atoms with Crippen molar-refractivity contribution in [3.8, 4) is 34.4 Å². The van der Waals surface area contributed by atoms with Gasteiger partial charge >= 0.3 is 0 Å². The third-order valence-corrected chi connectivity index (χ3v) is 7.70. The quantitative estimate of drug-likeness (QED) is 0.412. The van der Waals surface area contributed by atoms with E-state index in [1.54, 1.807) is 0 Å². The van der Waals surface area contributed by atoms with Crippen LogP contribution < -0.4 is 4.90 Å². The fourth-order valence-electron chi connectivity index (χ4n) is 6.14. The van der Waals surface area contributed by atoms with Crippen LogP contribution in [0.1, 0.15) is 17.5 Å². The monoisotopic (exact) mass is 447 g/mol. The van der Waals surface area contributed by atoms with Crippen LogP contribution in [0, 0.1) is 16.7 Å². The zero-order valence-corrected chi connectivity index (χ0v) is 19.1. The summed E-state index contributed by atoms with van der Waals surface area (Å²) < 4.78 is 4.38. The van der Waals surface area contributed by atoms with E-state index in [0.29, 0.717) is 11.0 Å². The van der Waals surface area contributed by atoms with Gasteiger partial charge in [0.1, 0.15) is 6.33 Å². The van der Waals surface area contributed by atoms with Crippen LogP contribution in [0.4, 0.5) is 5.69 Å². The van der Waals surface area contributed by atoms with E-state index < -0.39 is 0 Å². The van der Waals surface area contributed by atoms with Crippen molar-refractivity contribution >= 4 is 5.69 Å². The highest BCUT2D eigenvalue weighted by atomic mass is 15.3. The van der Waals surface area contributed by atoms with Crippen LogP contribution in [0.2, 0.25) is 0 Å². The van der Waals surface area contributed by atoms with Gasteiger partial charge in [-0.05, 0) is 61.0 Å². The maximum Gasteiger partial charge on any atom is 0.185 e. The zero-order chi connectivity index (χ0) is 22.9. The SMILES string of the molecule is CN1CC2(CCN(c3ccc4c(c3)Cn3cc(-c5ccc(C#N)cc5)cc3-c3nncn3-4)C2)C1. The Morgan fingerprint density at radius 2 is 1.85 bits per heavy atom. The minimum Gasteiger partial charge on any atom is -0.371 e. The highest BCUT2D eigenvalue weighted by Gasteiger charge is 2.46. The number of rotatable bonds is 2. The average molecular weight is 448 g/mol. The van der Waals surface area contributed by atoms with Gasteiger partial charge in [0.25, 0.3) is 0 Å². The Labute approximate surface area is 198 Å². The molecular formula is C27H25N7. The van der Waals surface area contributed by atoms with Crippen LogP contribution in [0.3, 0.4) is 0 Å². The van der Waals surface area contributed by atoms with Gasteiger partial charge < -0.3 is 14.4 Å². The highest BCUT2D eigenvalue weighted by Crippen LogP contribution is 2.41. The Hall–Kier alpha value is -3.89. The minimum atomic E-state index is 0.479. The van der Waals surface area contributed by atoms with Crippen molar-refractivity contribution in [1.82, 2.24) is 24.2 Å². The fourth-order valence-corrected chi connectivity index (χ4v) is 6.14. The fraction of sp³-hybridized carbons (Fsp3) is 0.296. The Morgan fingerprint density at radius 1 is 1.00 bits per heavy atom. The molecule has 2 aromatic heterocycles. The molecule has 0 saturated carbocycles. The highest BCUT2D eigenvalue weighted by molar-refractivity contribution is 5.72. The molecule has 3 aliphatic rings. The van der Waals surface area contributed by atoms with Gasteiger partial charge in [-0.15, -0.1) is 10.2 Å². The molecule has 3 aliphatic heterocycles. The third kappa shape index (κ3) is 2.92. The van der Waals surface area contributed by atoms with Gasteiger partial charge in [-0.25, -0.2) is 0 Å². The molecule has 0 N–H and O–H groups in total.